The number of carboxylic acid groups (broad SMARTS) is 1. The van der Waals surface area contributed by atoms with E-state index in [0.29, 0.717) is 6.42 Å². The minimum Gasteiger partial charge on any atom is -0.480 e. The zero-order chi connectivity index (χ0) is 7.78. The van der Waals surface area contributed by atoms with Crippen molar-refractivity contribution >= 4 is 5.97 Å². The van der Waals surface area contributed by atoms with Crippen LogP contribution in [0.2, 0.25) is 0 Å². The minimum atomic E-state index is -1.60. The van der Waals surface area contributed by atoms with E-state index in [0.717, 1.165) is 0 Å². The smallest absolute Gasteiger partial charge is 0.326 e. The first kappa shape index (κ1) is 7.47. The van der Waals surface area contributed by atoms with Crippen molar-refractivity contribution in [2.24, 2.45) is 5.73 Å². The van der Waals surface area contributed by atoms with Gasteiger partial charge in [0.2, 0.25) is 0 Å². The van der Waals surface area contributed by atoms with Gasteiger partial charge in [-0.2, -0.15) is 0 Å². The number of hydrogen-bond acceptors (Lipinski definition) is 2. The third kappa shape index (κ3) is 0.883. The van der Waals surface area contributed by atoms with Crippen molar-refractivity contribution in [2.75, 3.05) is 0 Å². The van der Waals surface area contributed by atoms with Gasteiger partial charge in [0.05, 0.1) is 0 Å². The van der Waals surface area contributed by atoms with Gasteiger partial charge >= 0.3 is 5.97 Å². The molecule has 4 heteroatoms. The quantitative estimate of drug-likeness (QED) is 0.558. The van der Waals surface area contributed by atoms with Crippen molar-refractivity contribution in [1.29, 1.82) is 0 Å². The van der Waals surface area contributed by atoms with E-state index in [4.69, 9.17) is 10.8 Å². The van der Waals surface area contributed by atoms with Crippen molar-refractivity contribution in [3.8, 4) is 0 Å². The zero-order valence-electron chi connectivity index (χ0n) is 5.51. The maximum absolute atomic E-state index is 12.7. The molecule has 0 aromatic rings. The summed E-state index contributed by atoms with van der Waals surface area (Å²) in [5.41, 5.74) is 3.67. The molecular weight excluding hydrogens is 136 g/mol. The molecule has 0 aromatic heterocycles. The molecule has 0 saturated heterocycles. The standard InChI is InChI=1S/C6H10FNO2/c7-4-2-1-3-6(4,8)5(9)10/h4H,1-3,8H2,(H,9,10)/i7-1. The third-order valence-corrected chi connectivity index (χ3v) is 2.01. The fraction of sp³-hybridized carbons (Fsp3) is 0.833. The number of carbonyl (C=O) groups is 1. The van der Waals surface area contributed by atoms with Gasteiger partial charge in [0, 0.05) is 0 Å². The number of hydrogen-bond donors (Lipinski definition) is 2. The first-order valence-corrected chi connectivity index (χ1v) is 3.24. The van der Waals surface area contributed by atoms with Crippen molar-refractivity contribution in [1.82, 2.24) is 0 Å². The van der Waals surface area contributed by atoms with Crippen LogP contribution in [-0.2, 0) is 4.79 Å². The summed E-state index contributed by atoms with van der Waals surface area (Å²) in [4.78, 5) is 10.4. The van der Waals surface area contributed by atoms with Gasteiger partial charge in [-0.1, -0.05) is 0 Å². The van der Waals surface area contributed by atoms with E-state index in [9.17, 15) is 9.18 Å². The molecule has 0 spiro atoms. The lowest BCUT2D eigenvalue weighted by Gasteiger charge is -2.19. The molecule has 1 fully saturated rings. The van der Waals surface area contributed by atoms with Crippen LogP contribution in [0.3, 0.4) is 0 Å². The molecule has 2 unspecified atom stereocenters. The molecule has 1 rings (SSSR count). The summed E-state index contributed by atoms with van der Waals surface area (Å²) in [6.45, 7) is 0. The summed E-state index contributed by atoms with van der Waals surface area (Å²) in [5.74, 6) is -1.22. The molecule has 0 aliphatic heterocycles. The van der Waals surface area contributed by atoms with Gasteiger partial charge in [-0.05, 0) is 19.3 Å². The van der Waals surface area contributed by atoms with Crippen LogP contribution in [0.15, 0.2) is 0 Å². The van der Waals surface area contributed by atoms with Crippen LogP contribution in [0.1, 0.15) is 19.3 Å². The Kier molecular flexibility index (Phi) is 1.64. The Balaban J connectivity index is 2.75. The topological polar surface area (TPSA) is 63.3 Å². The Morgan fingerprint density at radius 2 is 2.40 bits per heavy atom. The van der Waals surface area contributed by atoms with Crippen molar-refractivity contribution in [3.05, 3.63) is 0 Å². The molecule has 0 bridgehead atoms. The highest BCUT2D eigenvalue weighted by atomic mass is 18.2. The summed E-state index contributed by atoms with van der Waals surface area (Å²) >= 11 is 0. The van der Waals surface area contributed by atoms with Gasteiger partial charge in [0.25, 0.3) is 0 Å². The lowest BCUT2D eigenvalue weighted by molar-refractivity contribution is -0.145. The van der Waals surface area contributed by atoms with E-state index in [1.807, 2.05) is 0 Å². The van der Waals surface area contributed by atoms with Crippen LogP contribution in [-0.4, -0.2) is 22.8 Å². The van der Waals surface area contributed by atoms with Gasteiger partial charge < -0.3 is 10.8 Å². The summed E-state index contributed by atoms with van der Waals surface area (Å²) in [5, 5.41) is 8.48. The Labute approximate surface area is 58.0 Å². The molecule has 0 amide bonds. The first-order valence-electron chi connectivity index (χ1n) is 3.24. The minimum absolute atomic E-state index is 0.253. The fourth-order valence-corrected chi connectivity index (χ4v) is 1.23. The highest BCUT2D eigenvalue weighted by Crippen LogP contribution is 2.30. The van der Waals surface area contributed by atoms with Gasteiger partial charge in [-0.25, -0.2) is 4.39 Å². The number of alkyl halides is 1. The highest BCUT2D eigenvalue weighted by molar-refractivity contribution is 5.79. The third-order valence-electron chi connectivity index (χ3n) is 2.01. The molecule has 10 heavy (non-hydrogen) atoms. The molecule has 0 heterocycles. The van der Waals surface area contributed by atoms with Crippen LogP contribution in [0.25, 0.3) is 0 Å². The number of rotatable bonds is 1. The van der Waals surface area contributed by atoms with Crippen molar-refractivity contribution in [3.63, 3.8) is 0 Å². The fourth-order valence-electron chi connectivity index (χ4n) is 1.23. The number of nitrogens with two attached hydrogens (primary N) is 1. The lowest BCUT2D eigenvalue weighted by atomic mass is 9.98. The second kappa shape index (κ2) is 2.20. The molecule has 2 atom stereocenters. The summed E-state index contributed by atoms with van der Waals surface area (Å²) in [6, 6.07) is 0. The average Bonchev–Trinajstić information content (AvgIpc) is 2.15. The van der Waals surface area contributed by atoms with Crippen LogP contribution in [0.4, 0.5) is 4.39 Å². The molecule has 1 saturated carbocycles. The molecular formula is C6H10FNO2. The first-order chi connectivity index (χ1) is 4.57. The van der Waals surface area contributed by atoms with Crippen molar-refractivity contribution in [2.45, 2.75) is 31.0 Å². The Hall–Kier alpha value is -0.640. The number of halogens is 1. The SMILES string of the molecule is NC1(C(=O)O)CCCC1[18F]. The van der Waals surface area contributed by atoms with E-state index in [-0.39, 0.29) is 12.8 Å². The maximum Gasteiger partial charge on any atom is 0.326 e. The Morgan fingerprint density at radius 3 is 2.60 bits per heavy atom. The second-order valence-corrected chi connectivity index (χ2v) is 2.71. The van der Waals surface area contributed by atoms with Gasteiger partial charge in [-0.15, -0.1) is 0 Å². The van der Waals surface area contributed by atoms with Crippen LogP contribution in [0.5, 0.6) is 0 Å². The number of aliphatic carboxylic acids is 1. The summed E-state index contributed by atoms with van der Waals surface area (Å²) in [7, 11) is 0. The predicted molar refractivity (Wildman–Crippen MR) is 33.3 cm³/mol. The average molecular weight is 146 g/mol. The highest BCUT2D eigenvalue weighted by Gasteiger charge is 2.46. The van der Waals surface area contributed by atoms with Gasteiger partial charge in [-0.3, -0.25) is 4.79 Å². The normalized spacial score (nSPS) is 40.0. The molecule has 3 nitrogen and oxygen atoms in total. The van der Waals surface area contributed by atoms with E-state index in [1.165, 1.54) is 0 Å². The molecule has 1 aliphatic carbocycles. The van der Waals surface area contributed by atoms with Crippen LogP contribution >= 0.6 is 0 Å². The van der Waals surface area contributed by atoms with Crippen molar-refractivity contribution < 1.29 is 14.3 Å². The van der Waals surface area contributed by atoms with Gasteiger partial charge in [0.1, 0.15) is 11.7 Å². The molecule has 0 radical (unpaired) electrons. The largest absolute Gasteiger partial charge is 0.480 e. The molecule has 1 aliphatic rings. The van der Waals surface area contributed by atoms with E-state index < -0.39 is 17.7 Å². The number of carboxylic acids is 1. The Morgan fingerprint density at radius 1 is 1.80 bits per heavy atom. The van der Waals surface area contributed by atoms with Crippen LogP contribution in [0, 0.1) is 0 Å². The molecule has 0 aromatic carbocycles. The zero-order valence-corrected chi connectivity index (χ0v) is 5.51. The van der Waals surface area contributed by atoms with E-state index >= 15 is 0 Å². The van der Waals surface area contributed by atoms with E-state index in [2.05, 4.69) is 0 Å². The molecule has 3 N–H and O–H groups in total. The summed E-state index contributed by atoms with van der Waals surface area (Å²) in [6.07, 6.45) is -0.263. The van der Waals surface area contributed by atoms with Gasteiger partial charge in [0.15, 0.2) is 0 Å². The Bertz CT molecular complexity index is 162. The lowest BCUT2D eigenvalue weighted by Crippen LogP contribution is -2.52. The van der Waals surface area contributed by atoms with Crippen LogP contribution < -0.4 is 5.73 Å². The summed E-state index contributed by atoms with van der Waals surface area (Å²) < 4.78 is 12.7. The van der Waals surface area contributed by atoms with E-state index in [1.54, 1.807) is 0 Å². The monoisotopic (exact) mass is 146 g/mol. The maximum atomic E-state index is 12.7. The second-order valence-electron chi connectivity index (χ2n) is 2.71. The molecule has 58 valence electrons. The predicted octanol–water partition coefficient (Wildman–Crippen LogP) is 0.290.